The number of anilines is 1. The minimum absolute atomic E-state index is 0.0609. The molecule has 18 heavy (non-hydrogen) atoms. The van der Waals surface area contributed by atoms with Crippen LogP contribution >= 0.6 is 0 Å². The van der Waals surface area contributed by atoms with E-state index in [1.807, 2.05) is 12.1 Å². The fourth-order valence-corrected chi connectivity index (χ4v) is 1.91. The van der Waals surface area contributed by atoms with Crippen molar-refractivity contribution in [3.63, 3.8) is 0 Å². The lowest BCUT2D eigenvalue weighted by Crippen LogP contribution is -2.32. The fraction of sp³-hybridized carbons (Fsp3) is 0.500. The van der Waals surface area contributed by atoms with Gasteiger partial charge in [0.1, 0.15) is 5.75 Å². The largest absolute Gasteiger partial charge is 0.493 e. The van der Waals surface area contributed by atoms with E-state index in [9.17, 15) is 4.79 Å². The molecule has 1 saturated carbocycles. The zero-order chi connectivity index (χ0) is 12.8. The van der Waals surface area contributed by atoms with Crippen molar-refractivity contribution in [2.24, 2.45) is 5.92 Å². The molecule has 3 N–H and O–H groups in total. The number of amides is 1. The van der Waals surface area contributed by atoms with Crippen molar-refractivity contribution < 1.29 is 9.53 Å². The van der Waals surface area contributed by atoms with Crippen LogP contribution in [0.1, 0.15) is 25.7 Å². The molecular weight excluding hydrogens is 228 g/mol. The molecule has 0 saturated heterocycles. The summed E-state index contributed by atoms with van der Waals surface area (Å²) in [5.74, 6) is 1.47. The van der Waals surface area contributed by atoms with Gasteiger partial charge in [0.15, 0.2) is 0 Å². The number of rotatable bonds is 6. The maximum Gasteiger partial charge on any atom is 0.223 e. The molecule has 0 heterocycles. The van der Waals surface area contributed by atoms with E-state index in [1.165, 1.54) is 19.3 Å². The van der Waals surface area contributed by atoms with Crippen LogP contribution in [0, 0.1) is 5.92 Å². The van der Waals surface area contributed by atoms with E-state index in [0.717, 1.165) is 6.54 Å². The van der Waals surface area contributed by atoms with Gasteiger partial charge in [-0.3, -0.25) is 4.79 Å². The third kappa shape index (κ3) is 3.95. The van der Waals surface area contributed by atoms with Crippen molar-refractivity contribution in [1.82, 2.24) is 5.32 Å². The predicted octanol–water partition coefficient (Wildman–Crippen LogP) is 1.95. The van der Waals surface area contributed by atoms with Crippen LogP contribution in [0.4, 0.5) is 5.69 Å². The molecule has 98 valence electrons. The predicted molar refractivity (Wildman–Crippen MR) is 71.3 cm³/mol. The number of ether oxygens (including phenoxy) is 1. The molecule has 0 atom stereocenters. The van der Waals surface area contributed by atoms with Crippen LogP contribution in [0.25, 0.3) is 0 Å². The molecule has 0 bridgehead atoms. The topological polar surface area (TPSA) is 64.3 Å². The summed E-state index contributed by atoms with van der Waals surface area (Å²) in [6.45, 7) is 1.21. The molecule has 4 nitrogen and oxygen atoms in total. The Labute approximate surface area is 108 Å². The highest BCUT2D eigenvalue weighted by Gasteiger charge is 2.17. The first-order valence-electron chi connectivity index (χ1n) is 6.49. The second-order valence-electron chi connectivity index (χ2n) is 4.77. The Balaban J connectivity index is 1.60. The first-order valence-corrected chi connectivity index (χ1v) is 6.49. The monoisotopic (exact) mass is 248 g/mol. The number of hydrogen-bond donors (Lipinski definition) is 2. The van der Waals surface area contributed by atoms with Gasteiger partial charge in [0, 0.05) is 18.3 Å². The normalized spacial score (nSPS) is 14.9. The Kier molecular flexibility index (Phi) is 4.45. The average molecular weight is 248 g/mol. The van der Waals surface area contributed by atoms with Crippen molar-refractivity contribution in [3.05, 3.63) is 24.3 Å². The third-order valence-electron chi connectivity index (χ3n) is 3.27. The Bertz CT molecular complexity index is 403. The zero-order valence-electron chi connectivity index (χ0n) is 10.5. The number of benzene rings is 1. The molecule has 0 aliphatic heterocycles. The summed E-state index contributed by atoms with van der Waals surface area (Å²) in [4.78, 5) is 11.5. The van der Waals surface area contributed by atoms with Gasteiger partial charge in [-0.2, -0.15) is 0 Å². The molecule has 0 unspecified atom stereocenters. The summed E-state index contributed by atoms with van der Waals surface area (Å²) in [6.07, 6.45) is 4.20. The van der Waals surface area contributed by atoms with Crippen LogP contribution in [-0.2, 0) is 4.79 Å². The number of nitrogens with one attached hydrogen (secondary N) is 1. The zero-order valence-corrected chi connectivity index (χ0v) is 10.5. The molecular formula is C14H20N2O2. The summed E-state index contributed by atoms with van der Waals surface area (Å²) >= 11 is 0. The second-order valence-corrected chi connectivity index (χ2v) is 4.77. The van der Waals surface area contributed by atoms with Gasteiger partial charge in [-0.25, -0.2) is 0 Å². The fourth-order valence-electron chi connectivity index (χ4n) is 1.91. The van der Waals surface area contributed by atoms with Crippen molar-refractivity contribution in [2.45, 2.75) is 25.7 Å². The van der Waals surface area contributed by atoms with E-state index >= 15 is 0 Å². The van der Waals surface area contributed by atoms with Crippen LogP contribution in [0.5, 0.6) is 5.75 Å². The van der Waals surface area contributed by atoms with E-state index in [4.69, 9.17) is 10.5 Å². The number of nitrogen functional groups attached to an aromatic ring is 1. The van der Waals surface area contributed by atoms with Crippen molar-refractivity contribution >= 4 is 11.6 Å². The Morgan fingerprint density at radius 2 is 2.28 bits per heavy atom. The van der Waals surface area contributed by atoms with Crippen LogP contribution < -0.4 is 15.8 Å². The summed E-state index contributed by atoms with van der Waals surface area (Å²) in [5, 5.41) is 2.94. The van der Waals surface area contributed by atoms with Gasteiger partial charge in [0.25, 0.3) is 0 Å². The lowest BCUT2D eigenvalue weighted by Gasteiger charge is -2.25. The maximum atomic E-state index is 11.5. The minimum Gasteiger partial charge on any atom is -0.493 e. The minimum atomic E-state index is 0.0609. The number of carbonyl (C=O) groups is 1. The Morgan fingerprint density at radius 1 is 1.44 bits per heavy atom. The lowest BCUT2D eigenvalue weighted by molar-refractivity contribution is -0.121. The summed E-state index contributed by atoms with van der Waals surface area (Å²) in [5.41, 5.74) is 6.30. The average Bonchev–Trinajstić information content (AvgIpc) is 2.27. The van der Waals surface area contributed by atoms with Crippen LogP contribution in [0.3, 0.4) is 0 Å². The highest BCUT2D eigenvalue weighted by Crippen LogP contribution is 2.25. The quantitative estimate of drug-likeness (QED) is 0.756. The van der Waals surface area contributed by atoms with Crippen LogP contribution in [0.2, 0.25) is 0 Å². The van der Waals surface area contributed by atoms with E-state index < -0.39 is 0 Å². The number of nitrogens with two attached hydrogens (primary N) is 1. The molecule has 2 rings (SSSR count). The molecule has 0 spiro atoms. The number of hydrogen-bond acceptors (Lipinski definition) is 3. The van der Waals surface area contributed by atoms with Gasteiger partial charge in [-0.1, -0.05) is 12.5 Å². The molecule has 1 fully saturated rings. The van der Waals surface area contributed by atoms with Crippen LogP contribution in [-0.4, -0.2) is 19.1 Å². The molecule has 0 aromatic heterocycles. The van der Waals surface area contributed by atoms with E-state index in [1.54, 1.807) is 12.1 Å². The summed E-state index contributed by atoms with van der Waals surface area (Å²) in [6, 6.07) is 7.23. The second kappa shape index (κ2) is 6.28. The summed E-state index contributed by atoms with van der Waals surface area (Å²) < 4.78 is 5.46. The molecule has 1 amide bonds. The third-order valence-corrected chi connectivity index (χ3v) is 3.27. The molecule has 4 heteroatoms. The van der Waals surface area contributed by atoms with Gasteiger partial charge in [-0.05, 0) is 30.9 Å². The van der Waals surface area contributed by atoms with Crippen molar-refractivity contribution in [2.75, 3.05) is 18.9 Å². The van der Waals surface area contributed by atoms with E-state index in [-0.39, 0.29) is 5.91 Å². The van der Waals surface area contributed by atoms with Gasteiger partial charge < -0.3 is 15.8 Å². The number of carbonyl (C=O) groups excluding carboxylic acids is 1. The Hall–Kier alpha value is -1.71. The first-order chi connectivity index (χ1) is 8.74. The van der Waals surface area contributed by atoms with Crippen molar-refractivity contribution in [1.29, 1.82) is 0 Å². The smallest absolute Gasteiger partial charge is 0.223 e. The highest BCUT2D eigenvalue weighted by atomic mass is 16.5. The van der Waals surface area contributed by atoms with Gasteiger partial charge in [0.05, 0.1) is 13.0 Å². The maximum absolute atomic E-state index is 11.5. The van der Waals surface area contributed by atoms with Gasteiger partial charge in [-0.15, -0.1) is 0 Å². The van der Waals surface area contributed by atoms with Crippen molar-refractivity contribution in [3.8, 4) is 5.75 Å². The molecule has 1 aromatic carbocycles. The van der Waals surface area contributed by atoms with E-state index in [0.29, 0.717) is 30.4 Å². The lowest BCUT2D eigenvalue weighted by atomic mass is 9.85. The molecule has 1 aliphatic carbocycles. The Morgan fingerprint density at radius 3 is 2.94 bits per heavy atom. The molecule has 0 radical (unpaired) electrons. The van der Waals surface area contributed by atoms with Gasteiger partial charge >= 0.3 is 0 Å². The first kappa shape index (κ1) is 12.7. The summed E-state index contributed by atoms with van der Waals surface area (Å²) in [7, 11) is 0. The SMILES string of the molecule is Nc1cccc(OCCC(=O)NCC2CCC2)c1. The molecule has 1 aromatic rings. The van der Waals surface area contributed by atoms with E-state index in [2.05, 4.69) is 5.32 Å². The molecule has 1 aliphatic rings. The highest BCUT2D eigenvalue weighted by molar-refractivity contribution is 5.76. The van der Waals surface area contributed by atoms with Crippen LogP contribution in [0.15, 0.2) is 24.3 Å². The standard InChI is InChI=1S/C14H20N2O2/c15-12-5-2-6-13(9-12)18-8-7-14(17)16-10-11-3-1-4-11/h2,5-6,9,11H,1,3-4,7-8,10,15H2,(H,16,17). The van der Waals surface area contributed by atoms with Gasteiger partial charge in [0.2, 0.25) is 5.91 Å².